The molecule has 2 aromatic rings. The minimum Gasteiger partial charge on any atom is -0.496 e. The summed E-state index contributed by atoms with van der Waals surface area (Å²) in [6, 6.07) is 8.13. The van der Waals surface area contributed by atoms with E-state index in [4.69, 9.17) is 4.74 Å². The molecule has 0 radical (unpaired) electrons. The van der Waals surface area contributed by atoms with Gasteiger partial charge in [-0.15, -0.1) is 0 Å². The number of pyridine rings is 1. The number of aromatic nitrogens is 1. The van der Waals surface area contributed by atoms with E-state index < -0.39 is 10.0 Å². The molecule has 1 N–H and O–H groups in total. The lowest BCUT2D eigenvalue weighted by molar-refractivity contribution is 0.409. The first-order valence-corrected chi connectivity index (χ1v) is 7.65. The van der Waals surface area contributed by atoms with Gasteiger partial charge in [-0.1, -0.05) is 6.92 Å². The molecule has 5 nitrogen and oxygen atoms in total. The number of nitrogens with zero attached hydrogens (tertiary/aromatic N) is 1. The number of hydrogen-bond donors (Lipinski definition) is 1. The van der Waals surface area contributed by atoms with E-state index in [2.05, 4.69) is 9.71 Å². The van der Waals surface area contributed by atoms with E-state index in [1.54, 1.807) is 37.6 Å². The van der Waals surface area contributed by atoms with Gasteiger partial charge in [0, 0.05) is 6.20 Å². The monoisotopic (exact) mass is 292 g/mol. The topological polar surface area (TPSA) is 68.3 Å². The predicted molar refractivity (Wildman–Crippen MR) is 77.4 cm³/mol. The van der Waals surface area contributed by atoms with Gasteiger partial charge in [-0.05, 0) is 42.3 Å². The highest BCUT2D eigenvalue weighted by atomic mass is 32.2. The van der Waals surface area contributed by atoms with E-state index in [1.807, 2.05) is 6.92 Å². The second-order valence-corrected chi connectivity index (χ2v) is 5.86. The van der Waals surface area contributed by atoms with Crippen LogP contribution < -0.4 is 9.46 Å². The molecule has 20 heavy (non-hydrogen) atoms. The lowest BCUT2D eigenvalue weighted by Gasteiger charge is -2.11. The molecule has 0 aliphatic heterocycles. The van der Waals surface area contributed by atoms with Gasteiger partial charge in [0.15, 0.2) is 0 Å². The Hall–Kier alpha value is -2.08. The van der Waals surface area contributed by atoms with Crippen molar-refractivity contribution >= 4 is 15.7 Å². The molecule has 6 heteroatoms. The molecule has 0 atom stereocenters. The molecule has 0 aliphatic rings. The Morgan fingerprint density at radius 3 is 2.70 bits per heavy atom. The third-order valence-corrected chi connectivity index (χ3v) is 4.24. The number of aryl methyl sites for hydroxylation is 1. The minimum atomic E-state index is -3.62. The van der Waals surface area contributed by atoms with Crippen LogP contribution >= 0.6 is 0 Å². The van der Waals surface area contributed by atoms with Crippen LogP contribution in [0.3, 0.4) is 0 Å². The summed E-state index contributed by atoms with van der Waals surface area (Å²) in [6.45, 7) is 1.95. The predicted octanol–water partition coefficient (Wildman–Crippen LogP) is 2.45. The molecule has 106 valence electrons. The van der Waals surface area contributed by atoms with Crippen LogP contribution in [0.2, 0.25) is 0 Å². The van der Waals surface area contributed by atoms with E-state index in [0.29, 0.717) is 17.9 Å². The number of methoxy groups -OCH3 is 1. The van der Waals surface area contributed by atoms with Crippen LogP contribution in [0.4, 0.5) is 5.69 Å². The van der Waals surface area contributed by atoms with Crippen molar-refractivity contribution in [2.45, 2.75) is 18.2 Å². The zero-order chi connectivity index (χ0) is 14.6. The second kappa shape index (κ2) is 5.92. The maximum absolute atomic E-state index is 12.3. The number of nitrogens with one attached hydrogen (secondary N) is 1. The van der Waals surface area contributed by atoms with Crippen LogP contribution in [0.25, 0.3) is 0 Å². The zero-order valence-electron chi connectivity index (χ0n) is 11.3. The van der Waals surface area contributed by atoms with Gasteiger partial charge in [0.05, 0.1) is 23.9 Å². The van der Waals surface area contributed by atoms with E-state index >= 15 is 0 Å². The van der Waals surface area contributed by atoms with E-state index in [0.717, 1.165) is 5.56 Å². The lowest BCUT2D eigenvalue weighted by Crippen LogP contribution is -2.13. The number of rotatable bonds is 5. The fourth-order valence-electron chi connectivity index (χ4n) is 1.84. The minimum absolute atomic E-state index is 0.207. The molecule has 1 aromatic heterocycles. The fourth-order valence-corrected chi connectivity index (χ4v) is 2.93. The highest BCUT2D eigenvalue weighted by molar-refractivity contribution is 7.92. The molecular weight excluding hydrogens is 276 g/mol. The normalized spacial score (nSPS) is 11.1. The van der Waals surface area contributed by atoms with Gasteiger partial charge >= 0.3 is 0 Å². The van der Waals surface area contributed by atoms with Crippen LogP contribution in [-0.2, 0) is 16.4 Å². The molecule has 0 bridgehead atoms. The summed E-state index contributed by atoms with van der Waals surface area (Å²) in [7, 11) is -2.05. The van der Waals surface area contributed by atoms with Crippen LogP contribution in [0, 0.1) is 0 Å². The molecule has 0 unspecified atom stereocenters. The first-order valence-electron chi connectivity index (χ1n) is 6.16. The molecule has 1 heterocycles. The van der Waals surface area contributed by atoms with Crippen molar-refractivity contribution in [3.63, 3.8) is 0 Å². The summed E-state index contributed by atoms with van der Waals surface area (Å²) in [4.78, 5) is 4.08. The van der Waals surface area contributed by atoms with Gasteiger partial charge in [0.25, 0.3) is 10.0 Å². The number of anilines is 1. The van der Waals surface area contributed by atoms with Crippen molar-refractivity contribution in [1.82, 2.24) is 4.98 Å². The summed E-state index contributed by atoms with van der Waals surface area (Å²) in [5.74, 6) is 0.688. The molecular formula is C14H16N2O3S. The van der Waals surface area contributed by atoms with Crippen LogP contribution in [0.5, 0.6) is 5.75 Å². The Labute approximate surface area is 118 Å². The Morgan fingerprint density at radius 1 is 1.30 bits per heavy atom. The van der Waals surface area contributed by atoms with Gasteiger partial charge < -0.3 is 4.74 Å². The maximum atomic E-state index is 12.3. The Balaban J connectivity index is 2.35. The van der Waals surface area contributed by atoms with Crippen molar-refractivity contribution in [2.24, 2.45) is 0 Å². The third-order valence-electron chi connectivity index (χ3n) is 2.86. The number of benzene rings is 1. The van der Waals surface area contributed by atoms with Crippen molar-refractivity contribution in [1.29, 1.82) is 0 Å². The van der Waals surface area contributed by atoms with Gasteiger partial charge in [-0.25, -0.2) is 8.42 Å². The smallest absolute Gasteiger partial charge is 0.261 e. The SMILES string of the molecule is CCc1cc(S(=O)(=O)Nc2cccnc2)ccc1OC. The third kappa shape index (κ3) is 3.08. The maximum Gasteiger partial charge on any atom is 0.261 e. The quantitative estimate of drug-likeness (QED) is 0.919. The van der Waals surface area contributed by atoms with Gasteiger partial charge in [0.2, 0.25) is 0 Å². The second-order valence-electron chi connectivity index (χ2n) is 4.17. The Morgan fingerprint density at radius 2 is 2.10 bits per heavy atom. The highest BCUT2D eigenvalue weighted by Crippen LogP contribution is 2.24. The van der Waals surface area contributed by atoms with E-state index in [-0.39, 0.29) is 4.90 Å². The van der Waals surface area contributed by atoms with Crippen molar-refractivity contribution in [3.8, 4) is 5.75 Å². The van der Waals surface area contributed by atoms with Gasteiger partial charge in [0.1, 0.15) is 5.75 Å². The zero-order valence-corrected chi connectivity index (χ0v) is 12.1. The van der Waals surface area contributed by atoms with Gasteiger partial charge in [-0.3, -0.25) is 9.71 Å². The van der Waals surface area contributed by atoms with Crippen LogP contribution in [0.1, 0.15) is 12.5 Å². The fraction of sp³-hybridized carbons (Fsp3) is 0.214. The Bertz CT molecular complexity index is 685. The average molecular weight is 292 g/mol. The van der Waals surface area contributed by atoms with Crippen molar-refractivity contribution in [3.05, 3.63) is 48.3 Å². The summed E-state index contributed by atoms with van der Waals surface area (Å²) in [6.07, 6.45) is 3.74. The molecule has 0 saturated carbocycles. The van der Waals surface area contributed by atoms with Crippen molar-refractivity contribution < 1.29 is 13.2 Å². The summed E-state index contributed by atoms with van der Waals surface area (Å²) < 4.78 is 32.3. The standard InChI is InChI=1S/C14H16N2O3S/c1-3-11-9-13(6-7-14(11)19-2)20(17,18)16-12-5-4-8-15-10-12/h4-10,16H,3H2,1-2H3. The first-order chi connectivity index (χ1) is 9.56. The largest absolute Gasteiger partial charge is 0.496 e. The van der Waals surface area contributed by atoms with Crippen molar-refractivity contribution in [2.75, 3.05) is 11.8 Å². The number of sulfonamides is 1. The number of ether oxygens (including phenoxy) is 1. The molecule has 0 spiro atoms. The van der Waals surface area contributed by atoms with E-state index in [1.165, 1.54) is 12.3 Å². The summed E-state index contributed by atoms with van der Waals surface area (Å²) >= 11 is 0. The average Bonchev–Trinajstić information content (AvgIpc) is 2.47. The summed E-state index contributed by atoms with van der Waals surface area (Å²) in [5, 5.41) is 0. The molecule has 0 saturated heterocycles. The van der Waals surface area contributed by atoms with Crippen LogP contribution in [-0.4, -0.2) is 20.5 Å². The molecule has 0 amide bonds. The molecule has 2 rings (SSSR count). The number of hydrogen-bond acceptors (Lipinski definition) is 4. The van der Waals surface area contributed by atoms with Gasteiger partial charge in [-0.2, -0.15) is 0 Å². The molecule has 1 aromatic carbocycles. The first kappa shape index (κ1) is 14.3. The molecule has 0 aliphatic carbocycles. The van der Waals surface area contributed by atoms with Crippen LogP contribution in [0.15, 0.2) is 47.6 Å². The highest BCUT2D eigenvalue weighted by Gasteiger charge is 2.16. The molecule has 0 fully saturated rings. The summed E-state index contributed by atoms with van der Waals surface area (Å²) in [5.41, 5.74) is 1.28. The lowest BCUT2D eigenvalue weighted by atomic mass is 10.1. The Kier molecular flexibility index (Phi) is 4.24. The van der Waals surface area contributed by atoms with E-state index in [9.17, 15) is 8.42 Å².